The van der Waals surface area contributed by atoms with E-state index in [0.29, 0.717) is 36.3 Å². The number of ether oxygens (including phenoxy) is 4. The molecule has 0 spiro atoms. The molecule has 6 nitrogen and oxygen atoms in total. The topological polar surface area (TPSA) is 66.4 Å². The first-order valence-corrected chi connectivity index (χ1v) is 15.4. The lowest BCUT2D eigenvalue weighted by Gasteiger charge is -2.44. The fourth-order valence-corrected chi connectivity index (χ4v) is 12.2. The molecule has 0 aromatic heterocycles. The SMILES string of the molecule is CC[C@@H]1O[C@@H]2O[C@H](CO[Si](C(C)C)(C(C)C)C(C)C)[C@H](OCc3ccc(OC)cc3)[C@]2(C)[C@]1(C)O. The van der Waals surface area contributed by atoms with E-state index in [1.807, 2.05) is 45.0 Å². The van der Waals surface area contributed by atoms with E-state index in [-0.39, 0.29) is 18.3 Å². The van der Waals surface area contributed by atoms with E-state index >= 15 is 0 Å². The molecule has 0 saturated carbocycles. The van der Waals surface area contributed by atoms with Crippen LogP contribution in [0.4, 0.5) is 0 Å². The van der Waals surface area contributed by atoms with Crippen LogP contribution in [-0.4, -0.2) is 57.3 Å². The van der Waals surface area contributed by atoms with E-state index in [2.05, 4.69) is 41.5 Å². The van der Waals surface area contributed by atoms with Crippen LogP contribution in [0.25, 0.3) is 0 Å². The van der Waals surface area contributed by atoms with Gasteiger partial charge in [0.1, 0.15) is 17.5 Å². The monoisotopic (exact) mass is 508 g/mol. The molecule has 0 amide bonds. The predicted octanol–water partition coefficient (Wildman–Crippen LogP) is 6.06. The van der Waals surface area contributed by atoms with Gasteiger partial charge in [-0.1, -0.05) is 60.6 Å². The lowest BCUT2D eigenvalue weighted by atomic mass is 9.69. The van der Waals surface area contributed by atoms with Gasteiger partial charge >= 0.3 is 0 Å². The number of fused-ring (bicyclic) bond motifs is 1. The van der Waals surface area contributed by atoms with Crippen LogP contribution in [0.5, 0.6) is 5.75 Å². The summed E-state index contributed by atoms with van der Waals surface area (Å²) in [5, 5.41) is 11.7. The highest BCUT2D eigenvalue weighted by atomic mass is 28.4. The van der Waals surface area contributed by atoms with Gasteiger partial charge in [0.05, 0.1) is 37.9 Å². The third-order valence-electron chi connectivity index (χ3n) is 8.89. The van der Waals surface area contributed by atoms with Crippen molar-refractivity contribution < 1.29 is 28.5 Å². The fraction of sp³-hybridized carbons (Fsp3) is 0.786. The zero-order valence-electron chi connectivity index (χ0n) is 23.5. The van der Waals surface area contributed by atoms with Gasteiger partial charge in [-0.25, -0.2) is 0 Å². The maximum absolute atomic E-state index is 11.7. The molecular weight excluding hydrogens is 460 g/mol. The molecular formula is C28H48O6Si. The molecule has 0 bridgehead atoms. The Hall–Kier alpha value is -0.963. The molecule has 2 fully saturated rings. The Morgan fingerprint density at radius 2 is 1.54 bits per heavy atom. The average Bonchev–Trinajstić information content (AvgIpc) is 3.17. The molecule has 200 valence electrons. The molecule has 2 aliphatic heterocycles. The smallest absolute Gasteiger partial charge is 0.200 e. The van der Waals surface area contributed by atoms with E-state index < -0.39 is 25.6 Å². The molecule has 7 heteroatoms. The van der Waals surface area contributed by atoms with Crippen LogP contribution >= 0.6 is 0 Å². The molecule has 0 aliphatic carbocycles. The van der Waals surface area contributed by atoms with E-state index in [1.54, 1.807) is 7.11 Å². The predicted molar refractivity (Wildman–Crippen MR) is 141 cm³/mol. The second-order valence-corrected chi connectivity index (χ2v) is 17.1. The van der Waals surface area contributed by atoms with Gasteiger partial charge in [0, 0.05) is 0 Å². The van der Waals surface area contributed by atoms with Crippen LogP contribution in [-0.2, 0) is 25.2 Å². The second kappa shape index (κ2) is 10.8. The van der Waals surface area contributed by atoms with Crippen molar-refractivity contribution >= 4 is 8.32 Å². The minimum Gasteiger partial charge on any atom is -0.497 e. The van der Waals surface area contributed by atoms with Crippen LogP contribution in [0.2, 0.25) is 16.6 Å². The summed E-state index contributed by atoms with van der Waals surface area (Å²) in [6.45, 7) is 20.5. The summed E-state index contributed by atoms with van der Waals surface area (Å²) < 4.78 is 31.6. The molecule has 6 atom stereocenters. The maximum atomic E-state index is 11.7. The minimum absolute atomic E-state index is 0.304. The maximum Gasteiger partial charge on any atom is 0.200 e. The molecule has 0 unspecified atom stereocenters. The summed E-state index contributed by atoms with van der Waals surface area (Å²) in [6, 6.07) is 7.88. The van der Waals surface area contributed by atoms with Crippen LogP contribution < -0.4 is 4.74 Å². The molecule has 1 N–H and O–H groups in total. The Morgan fingerprint density at radius 3 is 2.03 bits per heavy atom. The first-order valence-electron chi connectivity index (χ1n) is 13.3. The van der Waals surface area contributed by atoms with Crippen molar-refractivity contribution in [1.29, 1.82) is 0 Å². The van der Waals surface area contributed by atoms with E-state index in [0.717, 1.165) is 11.3 Å². The summed E-state index contributed by atoms with van der Waals surface area (Å²) >= 11 is 0. The Labute approximate surface area is 213 Å². The van der Waals surface area contributed by atoms with Crippen molar-refractivity contribution in [1.82, 2.24) is 0 Å². The number of aliphatic hydroxyl groups is 1. The standard InChI is InChI=1S/C28H48O6Si/c1-11-24-28(9,29)27(8)25(31-16-21-12-14-22(30-10)15-13-21)23(33-26(27)34-24)17-32-35(18(2)3,19(4)5)20(6)7/h12-15,18-20,23-26,29H,11,16-17H2,1-10H3/t23-,24+,25+,26+,27+,28-/m1/s1. The van der Waals surface area contributed by atoms with Gasteiger partial charge in [-0.3, -0.25) is 0 Å². The van der Waals surface area contributed by atoms with Gasteiger partial charge in [-0.2, -0.15) is 0 Å². The first-order chi connectivity index (χ1) is 16.4. The van der Waals surface area contributed by atoms with Gasteiger partial charge in [0.2, 0.25) is 0 Å². The Balaban J connectivity index is 1.88. The van der Waals surface area contributed by atoms with Crippen LogP contribution in [0.3, 0.4) is 0 Å². The molecule has 1 aromatic carbocycles. The summed E-state index contributed by atoms with van der Waals surface area (Å²) in [6.07, 6.45) is -0.833. The van der Waals surface area contributed by atoms with Gasteiger partial charge in [0.15, 0.2) is 14.6 Å². The van der Waals surface area contributed by atoms with Crippen LogP contribution in [0.1, 0.15) is 74.3 Å². The highest BCUT2D eigenvalue weighted by molar-refractivity contribution is 6.77. The third-order valence-corrected chi connectivity index (χ3v) is 15.0. The van der Waals surface area contributed by atoms with E-state index in [9.17, 15) is 5.11 Å². The normalized spacial score (nSPS) is 33.2. The number of hydrogen-bond donors (Lipinski definition) is 1. The fourth-order valence-electron chi connectivity index (χ4n) is 6.76. The second-order valence-electron chi connectivity index (χ2n) is 11.7. The lowest BCUT2D eigenvalue weighted by molar-refractivity contribution is -0.164. The van der Waals surface area contributed by atoms with Crippen molar-refractivity contribution in [2.75, 3.05) is 13.7 Å². The quantitative estimate of drug-likeness (QED) is 0.366. The molecule has 2 heterocycles. The highest BCUT2D eigenvalue weighted by Crippen LogP contribution is 2.56. The van der Waals surface area contributed by atoms with E-state index in [1.165, 1.54) is 0 Å². The number of hydrogen-bond acceptors (Lipinski definition) is 6. The first kappa shape index (κ1) is 28.6. The lowest BCUT2D eigenvalue weighted by Crippen LogP contribution is -2.56. The molecule has 3 rings (SSSR count). The third kappa shape index (κ3) is 4.85. The number of benzene rings is 1. The number of rotatable bonds is 11. The van der Waals surface area contributed by atoms with Crippen molar-refractivity contribution in [2.24, 2.45) is 5.41 Å². The molecule has 1 aromatic rings. The Bertz CT molecular complexity index is 801. The minimum atomic E-state index is -2.09. The zero-order valence-corrected chi connectivity index (χ0v) is 24.5. The molecule has 0 radical (unpaired) electrons. The summed E-state index contributed by atoms with van der Waals surface area (Å²) in [7, 11) is -0.431. The van der Waals surface area contributed by atoms with Gasteiger partial charge < -0.3 is 28.5 Å². The molecule has 35 heavy (non-hydrogen) atoms. The zero-order chi connectivity index (χ0) is 26.2. The van der Waals surface area contributed by atoms with Gasteiger partial charge in [0.25, 0.3) is 0 Å². The van der Waals surface area contributed by atoms with Crippen molar-refractivity contribution in [3.8, 4) is 5.75 Å². The Kier molecular flexibility index (Phi) is 8.83. The highest BCUT2D eigenvalue weighted by Gasteiger charge is 2.70. The van der Waals surface area contributed by atoms with Crippen molar-refractivity contribution in [3.05, 3.63) is 29.8 Å². The average molecular weight is 509 g/mol. The van der Waals surface area contributed by atoms with Gasteiger partial charge in [-0.05, 0) is 54.6 Å². The largest absolute Gasteiger partial charge is 0.497 e. The summed E-state index contributed by atoms with van der Waals surface area (Å²) in [5.74, 6) is 0.812. The van der Waals surface area contributed by atoms with Crippen molar-refractivity contribution in [2.45, 2.75) is 122 Å². The van der Waals surface area contributed by atoms with Crippen LogP contribution in [0, 0.1) is 5.41 Å². The molecule has 2 saturated heterocycles. The summed E-state index contributed by atoms with van der Waals surface area (Å²) in [5.41, 5.74) is 0.656. The molecule has 2 aliphatic rings. The van der Waals surface area contributed by atoms with Crippen LogP contribution in [0.15, 0.2) is 24.3 Å². The number of methoxy groups -OCH3 is 1. The van der Waals surface area contributed by atoms with Gasteiger partial charge in [-0.15, -0.1) is 0 Å². The summed E-state index contributed by atoms with van der Waals surface area (Å²) in [4.78, 5) is 0. The van der Waals surface area contributed by atoms with Crippen molar-refractivity contribution in [3.63, 3.8) is 0 Å². The Morgan fingerprint density at radius 1 is 0.971 bits per heavy atom. The van der Waals surface area contributed by atoms with E-state index in [4.69, 9.17) is 23.4 Å².